The fraction of sp³-hybridized carbons (Fsp3) is 0.211. The van der Waals surface area contributed by atoms with Gasteiger partial charge < -0.3 is 9.73 Å². The minimum atomic E-state index is -4.44. The molecule has 0 saturated heterocycles. The van der Waals surface area contributed by atoms with E-state index in [1.165, 1.54) is 37.3 Å². The second kappa shape index (κ2) is 10.2. The molecule has 0 bridgehead atoms. The summed E-state index contributed by atoms with van der Waals surface area (Å²) < 4.78 is 66.3. The molecule has 2 atom stereocenters. The number of aromatic nitrogens is 2. The zero-order valence-corrected chi connectivity index (χ0v) is 20.5. The van der Waals surface area contributed by atoms with Gasteiger partial charge in [-0.25, -0.2) is 9.98 Å². The molecule has 3 aromatic rings. The first-order valence-corrected chi connectivity index (χ1v) is 12.9. The molecule has 0 radical (unpaired) electrons. The summed E-state index contributed by atoms with van der Waals surface area (Å²) in [6.07, 6.45) is -1.11. The van der Waals surface area contributed by atoms with Gasteiger partial charge in [0.2, 0.25) is 17.5 Å². The molecule has 0 aliphatic carbocycles. The molecule has 0 unspecified atom stereocenters. The van der Waals surface area contributed by atoms with E-state index in [9.17, 15) is 16.8 Å². The molecule has 0 aliphatic rings. The predicted octanol–water partition coefficient (Wildman–Crippen LogP) is 3.23. The molecule has 0 aliphatic heterocycles. The molecule has 186 valence electrons. The summed E-state index contributed by atoms with van der Waals surface area (Å²) in [5.74, 6) is -0.0211. The summed E-state index contributed by atoms with van der Waals surface area (Å²) in [5.41, 5.74) is 1.73. The van der Waals surface area contributed by atoms with Crippen LogP contribution in [-0.2, 0) is 24.8 Å². The predicted molar refractivity (Wildman–Crippen MR) is 127 cm³/mol. The van der Waals surface area contributed by atoms with Crippen LogP contribution in [-0.4, -0.2) is 37.7 Å². The third kappa shape index (κ3) is 6.88. The van der Waals surface area contributed by atoms with Crippen molar-refractivity contribution in [3.05, 3.63) is 64.3 Å². The van der Waals surface area contributed by atoms with Crippen LogP contribution in [0.15, 0.2) is 40.8 Å². The normalized spacial score (nSPS) is 13.6. The minimum absolute atomic E-state index is 0.0334. The zero-order valence-electron chi connectivity index (χ0n) is 18.1. The second-order valence-electron chi connectivity index (χ2n) is 7.20. The Morgan fingerprint density at radius 1 is 1.17 bits per heavy atom. The van der Waals surface area contributed by atoms with Crippen molar-refractivity contribution in [2.75, 3.05) is 10.0 Å². The summed E-state index contributed by atoms with van der Waals surface area (Å²) in [7, 11) is -8.77. The van der Waals surface area contributed by atoms with Crippen molar-refractivity contribution in [2.45, 2.75) is 26.0 Å². The molecule has 0 spiro atoms. The minimum Gasteiger partial charge on any atom is -0.418 e. The highest BCUT2D eigenvalue weighted by Crippen LogP contribution is 2.36. The number of hydrogen-bond acceptors (Lipinski definition) is 9. The number of hydrogen-bond donors (Lipinski definition) is 4. The number of nitrogens with one attached hydrogen (secondary N) is 2. The van der Waals surface area contributed by atoms with E-state index in [1.54, 1.807) is 13.0 Å². The van der Waals surface area contributed by atoms with Crippen LogP contribution in [0.4, 0.5) is 17.1 Å². The second-order valence-corrected chi connectivity index (χ2v) is 9.91. The molecule has 2 aromatic carbocycles. The number of anilines is 2. The first-order chi connectivity index (χ1) is 16.3. The van der Waals surface area contributed by atoms with Crippen molar-refractivity contribution >= 4 is 49.3 Å². The van der Waals surface area contributed by atoms with Crippen molar-refractivity contribution in [3.63, 3.8) is 0 Å². The van der Waals surface area contributed by atoms with Crippen LogP contribution in [0.3, 0.4) is 0 Å². The molecule has 5 N–H and O–H groups in total. The highest BCUT2D eigenvalue weighted by molar-refractivity contribution is 7.87. The fourth-order valence-electron chi connectivity index (χ4n) is 3.03. The average molecular weight is 543 g/mol. The summed E-state index contributed by atoms with van der Waals surface area (Å²) in [5, 5.41) is 16.2. The van der Waals surface area contributed by atoms with Crippen molar-refractivity contribution in [1.82, 2.24) is 10.2 Å². The Labute approximate surface area is 206 Å². The SMILES string of the molecule is [C-]#[N+]c1ccc(N[C@@H](c2nnc(-c3ccc(NS(=O)(=O)O)cc3)o2)[C@@H](C)OS(N)(=O)=O)c(C)c1Cl. The number of rotatable bonds is 9. The van der Waals surface area contributed by atoms with E-state index in [1.807, 2.05) is 4.72 Å². The Balaban J connectivity index is 1.95. The van der Waals surface area contributed by atoms with Crippen molar-refractivity contribution in [1.29, 1.82) is 0 Å². The Bertz CT molecular complexity index is 1480. The van der Waals surface area contributed by atoms with Crippen molar-refractivity contribution < 1.29 is 30.0 Å². The van der Waals surface area contributed by atoms with Crippen LogP contribution >= 0.6 is 11.6 Å². The van der Waals surface area contributed by atoms with Gasteiger partial charge in [-0.1, -0.05) is 17.7 Å². The number of benzene rings is 2. The molecule has 1 aromatic heterocycles. The largest absolute Gasteiger partial charge is 0.418 e. The first-order valence-electron chi connectivity index (χ1n) is 9.60. The first kappa shape index (κ1) is 26.3. The highest BCUT2D eigenvalue weighted by atomic mass is 35.5. The van der Waals surface area contributed by atoms with E-state index >= 15 is 0 Å². The Morgan fingerprint density at radius 3 is 2.40 bits per heavy atom. The van der Waals surface area contributed by atoms with Crippen LogP contribution in [0.1, 0.15) is 24.4 Å². The third-order valence-electron chi connectivity index (χ3n) is 4.64. The van der Waals surface area contributed by atoms with Gasteiger partial charge >= 0.3 is 20.6 Å². The smallest absolute Gasteiger partial charge is 0.357 e. The highest BCUT2D eigenvalue weighted by Gasteiger charge is 2.30. The molecule has 3 rings (SSSR count). The summed E-state index contributed by atoms with van der Waals surface area (Å²) in [6, 6.07) is 7.72. The lowest BCUT2D eigenvalue weighted by Gasteiger charge is -2.23. The Hall–Kier alpha value is -3.26. The van der Waals surface area contributed by atoms with Gasteiger partial charge in [-0.2, -0.15) is 16.8 Å². The van der Waals surface area contributed by atoms with Crippen LogP contribution < -0.4 is 15.2 Å². The molecule has 0 saturated carbocycles. The lowest BCUT2D eigenvalue weighted by molar-refractivity contribution is 0.192. The van der Waals surface area contributed by atoms with Gasteiger partial charge in [-0.15, -0.1) is 10.2 Å². The number of nitrogens with zero attached hydrogens (tertiary/aromatic N) is 3. The van der Waals surface area contributed by atoms with Crippen molar-refractivity contribution in [3.8, 4) is 11.5 Å². The quantitative estimate of drug-likeness (QED) is 0.230. The third-order valence-corrected chi connectivity index (χ3v) is 6.18. The van der Waals surface area contributed by atoms with E-state index < -0.39 is 32.8 Å². The van der Waals surface area contributed by atoms with E-state index in [0.717, 1.165) is 0 Å². The van der Waals surface area contributed by atoms with Gasteiger partial charge in [0.25, 0.3) is 0 Å². The monoisotopic (exact) mass is 542 g/mol. The Kier molecular flexibility index (Phi) is 7.65. The lowest BCUT2D eigenvalue weighted by Crippen LogP contribution is -2.31. The van der Waals surface area contributed by atoms with E-state index in [2.05, 4.69) is 20.4 Å². The molecule has 0 fully saturated rings. The maximum atomic E-state index is 11.5. The van der Waals surface area contributed by atoms with Gasteiger partial charge in [0.1, 0.15) is 12.1 Å². The van der Waals surface area contributed by atoms with Crippen LogP contribution in [0.25, 0.3) is 16.3 Å². The van der Waals surface area contributed by atoms with Crippen LogP contribution in [0, 0.1) is 13.5 Å². The van der Waals surface area contributed by atoms with E-state index in [-0.39, 0.29) is 28.2 Å². The van der Waals surface area contributed by atoms with Crippen molar-refractivity contribution in [2.24, 2.45) is 5.14 Å². The van der Waals surface area contributed by atoms with Gasteiger partial charge in [-0.3, -0.25) is 13.5 Å². The Morgan fingerprint density at radius 2 is 1.83 bits per heavy atom. The molecular formula is C19H19ClN6O7S2. The molecule has 35 heavy (non-hydrogen) atoms. The summed E-state index contributed by atoms with van der Waals surface area (Å²) in [6.45, 7) is 10.3. The van der Waals surface area contributed by atoms with Crippen LogP contribution in [0.5, 0.6) is 0 Å². The van der Waals surface area contributed by atoms with Gasteiger partial charge in [0, 0.05) is 11.3 Å². The lowest BCUT2D eigenvalue weighted by atomic mass is 10.1. The fourth-order valence-corrected chi connectivity index (χ4v) is 4.21. The molecule has 0 amide bonds. The molecular weight excluding hydrogens is 524 g/mol. The van der Waals surface area contributed by atoms with Crippen LogP contribution in [0.2, 0.25) is 5.02 Å². The van der Waals surface area contributed by atoms with Gasteiger partial charge in [-0.05, 0) is 49.7 Å². The maximum Gasteiger partial charge on any atom is 0.357 e. The maximum absolute atomic E-state index is 11.5. The van der Waals surface area contributed by atoms with Gasteiger partial charge in [0.05, 0.1) is 17.3 Å². The number of halogens is 1. The molecule has 16 heteroatoms. The zero-order chi connectivity index (χ0) is 26.0. The average Bonchev–Trinajstić information content (AvgIpc) is 3.22. The standard InChI is InChI=1S/C19H19ClN6O7S2/c1-10-14(8-9-15(22-3)16(10)20)23-17(11(2)33-34(21,27)28)19-25-24-18(32-19)12-4-6-13(7-5-12)26-35(29,30)31/h4-9,11,17,23,26H,1-2H3,(H2,21,27,28)(H,29,30,31)/t11-,17-/m1/s1. The summed E-state index contributed by atoms with van der Waals surface area (Å²) >= 11 is 6.24. The number of nitrogens with two attached hydrogens (primary N) is 1. The topological polar surface area (TPSA) is 191 Å². The molecule has 1 heterocycles. The van der Waals surface area contributed by atoms with Gasteiger partial charge in [0.15, 0.2) is 0 Å². The van der Waals surface area contributed by atoms with E-state index in [0.29, 0.717) is 16.8 Å². The molecule has 13 nitrogen and oxygen atoms in total. The van der Waals surface area contributed by atoms with E-state index in [4.69, 9.17) is 36.5 Å². The summed E-state index contributed by atoms with van der Waals surface area (Å²) in [4.78, 5) is 3.33.